The molecule has 3 rings (SSSR count). The second-order valence-corrected chi connectivity index (χ2v) is 7.29. The van der Waals surface area contributed by atoms with Crippen LogP contribution in [0.2, 0.25) is 0 Å². The van der Waals surface area contributed by atoms with Gasteiger partial charge in [-0.15, -0.1) is 0 Å². The van der Waals surface area contributed by atoms with E-state index >= 15 is 0 Å². The molecular formula is C22H24F4N2O3. The number of anilines is 1. The Bertz CT molecular complexity index is 945. The summed E-state index contributed by atoms with van der Waals surface area (Å²) in [5.74, 6) is -2.64. The minimum absolute atomic E-state index is 0.104. The highest BCUT2D eigenvalue weighted by Crippen LogP contribution is 2.34. The molecule has 1 aliphatic rings. The summed E-state index contributed by atoms with van der Waals surface area (Å²) >= 11 is 0. The quantitative estimate of drug-likeness (QED) is 0.605. The molecule has 31 heavy (non-hydrogen) atoms. The highest BCUT2D eigenvalue weighted by Gasteiger charge is 2.38. The SMILES string of the molecule is Cc1cc(C(=O)NCCc2ccccc2F)c2c(c1)C(C)CCN2.O=C(O)C(F)(F)F. The molecule has 1 amide bonds. The smallest absolute Gasteiger partial charge is 0.475 e. The van der Waals surface area contributed by atoms with Gasteiger partial charge in [-0.05, 0) is 54.5 Å². The van der Waals surface area contributed by atoms with Gasteiger partial charge in [0.05, 0.1) is 11.3 Å². The van der Waals surface area contributed by atoms with E-state index in [-0.39, 0.29) is 11.7 Å². The van der Waals surface area contributed by atoms with Crippen molar-refractivity contribution in [2.45, 2.75) is 38.8 Å². The lowest BCUT2D eigenvalue weighted by Gasteiger charge is -2.26. The Balaban J connectivity index is 0.000000423. The number of nitrogens with one attached hydrogen (secondary N) is 2. The van der Waals surface area contributed by atoms with Gasteiger partial charge in [0.1, 0.15) is 5.82 Å². The third kappa shape index (κ3) is 6.70. The fourth-order valence-corrected chi connectivity index (χ4v) is 3.26. The average Bonchev–Trinajstić information content (AvgIpc) is 2.69. The van der Waals surface area contributed by atoms with Crippen LogP contribution in [0.25, 0.3) is 0 Å². The first-order valence-corrected chi connectivity index (χ1v) is 9.70. The third-order valence-electron chi connectivity index (χ3n) is 4.85. The van der Waals surface area contributed by atoms with Crippen molar-refractivity contribution in [2.75, 3.05) is 18.4 Å². The van der Waals surface area contributed by atoms with Crippen molar-refractivity contribution in [2.24, 2.45) is 0 Å². The van der Waals surface area contributed by atoms with E-state index in [2.05, 4.69) is 23.6 Å². The molecule has 2 aromatic carbocycles. The molecule has 0 spiro atoms. The number of fused-ring (bicyclic) bond motifs is 1. The first-order chi connectivity index (χ1) is 14.5. The monoisotopic (exact) mass is 440 g/mol. The number of carboxylic acids is 1. The summed E-state index contributed by atoms with van der Waals surface area (Å²) in [6.45, 7) is 5.50. The minimum atomic E-state index is -5.08. The molecule has 2 aromatic rings. The molecule has 0 saturated carbocycles. The fourth-order valence-electron chi connectivity index (χ4n) is 3.26. The van der Waals surface area contributed by atoms with E-state index in [4.69, 9.17) is 9.90 Å². The molecule has 1 heterocycles. The maximum Gasteiger partial charge on any atom is 0.490 e. The second kappa shape index (κ2) is 10.3. The number of amides is 1. The molecule has 0 fully saturated rings. The number of carbonyl (C=O) groups is 2. The van der Waals surface area contributed by atoms with Crippen molar-refractivity contribution in [3.8, 4) is 0 Å². The summed E-state index contributed by atoms with van der Waals surface area (Å²) in [7, 11) is 0. The number of carboxylic acid groups (broad SMARTS) is 1. The van der Waals surface area contributed by atoms with Crippen LogP contribution in [-0.2, 0) is 11.2 Å². The topological polar surface area (TPSA) is 78.4 Å². The molecule has 3 N–H and O–H groups in total. The van der Waals surface area contributed by atoms with Crippen molar-refractivity contribution in [3.05, 3.63) is 64.5 Å². The zero-order valence-corrected chi connectivity index (χ0v) is 17.1. The molecule has 168 valence electrons. The van der Waals surface area contributed by atoms with E-state index < -0.39 is 12.1 Å². The number of alkyl halides is 3. The molecule has 0 saturated heterocycles. The highest BCUT2D eigenvalue weighted by molar-refractivity contribution is 6.00. The Morgan fingerprint density at radius 2 is 1.87 bits per heavy atom. The molecule has 9 heteroatoms. The molecule has 1 aliphatic heterocycles. The van der Waals surface area contributed by atoms with Gasteiger partial charge in [-0.25, -0.2) is 9.18 Å². The van der Waals surface area contributed by atoms with Gasteiger partial charge in [0.2, 0.25) is 0 Å². The van der Waals surface area contributed by atoms with E-state index in [0.717, 1.165) is 24.2 Å². The standard InChI is InChI=1S/C20H23FN2O.C2HF3O2/c1-13-11-16-14(2)7-9-22-19(16)17(12-13)20(24)23-10-8-15-5-3-4-6-18(15)21;3-2(4,5)1(6)7/h3-6,11-12,14,22H,7-10H2,1-2H3,(H,23,24);(H,6,7). The zero-order chi connectivity index (χ0) is 23.2. The predicted molar refractivity (Wildman–Crippen MR) is 109 cm³/mol. The number of aliphatic carboxylic acids is 1. The second-order valence-electron chi connectivity index (χ2n) is 7.29. The summed E-state index contributed by atoms with van der Waals surface area (Å²) in [4.78, 5) is 21.5. The van der Waals surface area contributed by atoms with Crippen LogP contribution in [0.4, 0.5) is 23.2 Å². The zero-order valence-electron chi connectivity index (χ0n) is 17.1. The number of hydrogen-bond acceptors (Lipinski definition) is 3. The van der Waals surface area contributed by atoms with Gasteiger partial charge in [-0.2, -0.15) is 13.2 Å². The summed E-state index contributed by atoms with van der Waals surface area (Å²) in [5, 5.41) is 13.4. The highest BCUT2D eigenvalue weighted by atomic mass is 19.4. The van der Waals surface area contributed by atoms with E-state index in [1.54, 1.807) is 12.1 Å². The number of hydrogen-bond donors (Lipinski definition) is 3. The van der Waals surface area contributed by atoms with E-state index in [1.807, 2.05) is 19.1 Å². The largest absolute Gasteiger partial charge is 0.490 e. The lowest BCUT2D eigenvalue weighted by Crippen LogP contribution is -2.28. The van der Waals surface area contributed by atoms with E-state index in [0.29, 0.717) is 30.0 Å². The van der Waals surface area contributed by atoms with Crippen molar-refractivity contribution in [1.82, 2.24) is 5.32 Å². The molecule has 0 aliphatic carbocycles. The van der Waals surface area contributed by atoms with Crippen LogP contribution < -0.4 is 10.6 Å². The Hall–Kier alpha value is -3.10. The first-order valence-electron chi connectivity index (χ1n) is 9.70. The summed E-state index contributed by atoms with van der Waals surface area (Å²) in [5.41, 5.74) is 4.55. The molecule has 0 aromatic heterocycles. The lowest BCUT2D eigenvalue weighted by molar-refractivity contribution is -0.192. The van der Waals surface area contributed by atoms with Crippen molar-refractivity contribution < 1.29 is 32.3 Å². The maximum atomic E-state index is 13.6. The normalized spacial score (nSPS) is 15.1. The molecule has 0 radical (unpaired) electrons. The van der Waals surface area contributed by atoms with Crippen LogP contribution in [0.15, 0.2) is 36.4 Å². The maximum absolute atomic E-state index is 13.6. The van der Waals surface area contributed by atoms with Crippen LogP contribution in [0.3, 0.4) is 0 Å². The molecule has 1 unspecified atom stereocenters. The Labute approximate surface area is 177 Å². The van der Waals surface area contributed by atoms with Crippen molar-refractivity contribution in [1.29, 1.82) is 0 Å². The number of carbonyl (C=O) groups excluding carboxylic acids is 1. The summed E-state index contributed by atoms with van der Waals surface area (Å²) < 4.78 is 45.4. The molecule has 1 atom stereocenters. The fraction of sp³-hybridized carbons (Fsp3) is 0.364. The van der Waals surface area contributed by atoms with Crippen LogP contribution >= 0.6 is 0 Å². The van der Waals surface area contributed by atoms with Crippen molar-refractivity contribution >= 4 is 17.6 Å². The number of rotatable bonds is 4. The Kier molecular flexibility index (Phi) is 8.01. The van der Waals surface area contributed by atoms with Gasteiger partial charge in [0.15, 0.2) is 0 Å². The van der Waals surface area contributed by atoms with Gasteiger partial charge < -0.3 is 15.7 Å². The lowest BCUT2D eigenvalue weighted by atomic mass is 9.89. The number of halogens is 4. The van der Waals surface area contributed by atoms with Gasteiger partial charge in [-0.1, -0.05) is 31.2 Å². The van der Waals surface area contributed by atoms with Crippen LogP contribution in [0, 0.1) is 12.7 Å². The van der Waals surface area contributed by atoms with Gasteiger partial charge in [0.25, 0.3) is 5.91 Å². The first kappa shape index (κ1) is 24.2. The van der Waals surface area contributed by atoms with Crippen LogP contribution in [-0.4, -0.2) is 36.2 Å². The Morgan fingerprint density at radius 1 is 1.23 bits per heavy atom. The van der Waals surface area contributed by atoms with Crippen molar-refractivity contribution in [3.63, 3.8) is 0 Å². The molecule has 0 bridgehead atoms. The summed E-state index contributed by atoms with van der Waals surface area (Å²) in [6, 6.07) is 10.7. The van der Waals surface area contributed by atoms with Crippen LogP contribution in [0.5, 0.6) is 0 Å². The number of aryl methyl sites for hydroxylation is 1. The predicted octanol–water partition coefficient (Wildman–Crippen LogP) is 4.66. The minimum Gasteiger partial charge on any atom is -0.475 e. The van der Waals surface area contributed by atoms with Crippen LogP contribution in [0.1, 0.15) is 46.3 Å². The third-order valence-corrected chi connectivity index (χ3v) is 4.85. The molecule has 5 nitrogen and oxygen atoms in total. The molecular weight excluding hydrogens is 416 g/mol. The average molecular weight is 440 g/mol. The van der Waals surface area contributed by atoms with E-state index in [1.165, 1.54) is 11.6 Å². The Morgan fingerprint density at radius 3 is 2.48 bits per heavy atom. The summed E-state index contributed by atoms with van der Waals surface area (Å²) in [6.07, 6.45) is -3.53. The van der Waals surface area contributed by atoms with Gasteiger partial charge >= 0.3 is 12.1 Å². The van der Waals surface area contributed by atoms with Gasteiger partial charge in [-0.3, -0.25) is 4.79 Å². The van der Waals surface area contributed by atoms with E-state index in [9.17, 15) is 22.4 Å². The van der Waals surface area contributed by atoms with Gasteiger partial charge in [0, 0.05) is 13.1 Å². The number of benzene rings is 2.